The lowest BCUT2D eigenvalue weighted by Crippen LogP contribution is -2.31. The van der Waals surface area contributed by atoms with Crippen molar-refractivity contribution >= 4 is 9.84 Å². The molecular formula is C25H21F2N3O5S. The van der Waals surface area contributed by atoms with Gasteiger partial charge >= 0.3 is 0 Å². The molecule has 0 fully saturated rings. The predicted molar refractivity (Wildman–Crippen MR) is 126 cm³/mol. The van der Waals surface area contributed by atoms with E-state index >= 15 is 0 Å². The summed E-state index contributed by atoms with van der Waals surface area (Å²) in [6, 6.07) is 14.1. The molecule has 2 aromatic heterocycles. The third kappa shape index (κ3) is 5.02. The number of benzene rings is 2. The van der Waals surface area contributed by atoms with Crippen molar-refractivity contribution in [3.8, 4) is 17.0 Å². The highest BCUT2D eigenvalue weighted by atomic mass is 32.2. The van der Waals surface area contributed by atoms with Crippen LogP contribution in [-0.4, -0.2) is 34.7 Å². The van der Waals surface area contributed by atoms with E-state index in [-0.39, 0.29) is 30.1 Å². The minimum Gasteiger partial charge on any atom is -0.492 e. The number of pyridine rings is 1. The quantitative estimate of drug-likeness (QED) is 0.358. The van der Waals surface area contributed by atoms with Crippen molar-refractivity contribution in [3.05, 3.63) is 100 Å². The molecule has 11 heteroatoms. The van der Waals surface area contributed by atoms with Crippen LogP contribution in [0.25, 0.3) is 11.1 Å². The Bertz CT molecular complexity index is 1560. The summed E-state index contributed by atoms with van der Waals surface area (Å²) >= 11 is 0. The highest BCUT2D eigenvalue weighted by molar-refractivity contribution is 7.91. The lowest BCUT2D eigenvalue weighted by atomic mass is 10.1. The van der Waals surface area contributed by atoms with Gasteiger partial charge in [-0.15, -0.1) is 0 Å². The maximum Gasteiger partial charge on any atom is 0.277 e. The summed E-state index contributed by atoms with van der Waals surface area (Å²) < 4.78 is 61.2. The highest BCUT2D eigenvalue weighted by Gasteiger charge is 2.30. The smallest absolute Gasteiger partial charge is 0.277 e. The topological polar surface area (TPSA) is 111 Å². The number of hydrogen-bond donors (Lipinski definition) is 1. The van der Waals surface area contributed by atoms with Gasteiger partial charge in [-0.25, -0.2) is 17.8 Å². The molecule has 4 rings (SSSR count). The molecule has 0 radical (unpaired) electrons. The Balaban J connectivity index is 1.82. The van der Waals surface area contributed by atoms with Gasteiger partial charge in [0.05, 0.1) is 11.4 Å². The van der Waals surface area contributed by atoms with Gasteiger partial charge in [0.1, 0.15) is 18.2 Å². The van der Waals surface area contributed by atoms with Crippen LogP contribution in [0.4, 0.5) is 8.78 Å². The molecule has 0 atom stereocenters. The zero-order chi connectivity index (χ0) is 25.9. The largest absolute Gasteiger partial charge is 0.492 e. The third-order valence-corrected chi connectivity index (χ3v) is 7.13. The van der Waals surface area contributed by atoms with Crippen LogP contribution in [-0.2, 0) is 27.7 Å². The van der Waals surface area contributed by atoms with Crippen LogP contribution in [0.2, 0.25) is 0 Å². The van der Waals surface area contributed by atoms with Crippen molar-refractivity contribution in [1.29, 1.82) is 0 Å². The van der Waals surface area contributed by atoms with Gasteiger partial charge in [0.25, 0.3) is 5.56 Å². The molecule has 2 aromatic carbocycles. The zero-order valence-corrected chi connectivity index (χ0v) is 19.9. The Morgan fingerprint density at radius 2 is 1.81 bits per heavy atom. The fourth-order valence-electron chi connectivity index (χ4n) is 3.59. The van der Waals surface area contributed by atoms with Crippen LogP contribution in [0, 0.1) is 11.8 Å². The number of rotatable bonds is 8. The van der Waals surface area contributed by atoms with E-state index < -0.39 is 42.8 Å². The van der Waals surface area contributed by atoms with Gasteiger partial charge in [-0.3, -0.25) is 9.36 Å². The van der Waals surface area contributed by atoms with Crippen LogP contribution in [0.3, 0.4) is 0 Å². The minimum absolute atomic E-state index is 0.0163. The van der Waals surface area contributed by atoms with Crippen LogP contribution < -0.4 is 5.56 Å². The first kappa shape index (κ1) is 25.1. The number of aromatic hydroxyl groups is 1. The molecule has 0 unspecified atom stereocenters. The van der Waals surface area contributed by atoms with Crippen LogP contribution in [0.5, 0.6) is 5.88 Å². The SMILES string of the molecule is CCOCc1nc(O)c(S(=O)(=O)c2ccc(-c3ccc(F)nc3)c(F)c2)c(=O)n1Cc1ccccc1. The van der Waals surface area contributed by atoms with Gasteiger partial charge in [-0.1, -0.05) is 36.4 Å². The van der Waals surface area contributed by atoms with Gasteiger partial charge in [0, 0.05) is 23.9 Å². The van der Waals surface area contributed by atoms with E-state index in [1.165, 1.54) is 12.1 Å². The molecule has 2 heterocycles. The first-order valence-corrected chi connectivity index (χ1v) is 12.3. The average Bonchev–Trinajstić information content (AvgIpc) is 2.85. The molecule has 0 saturated heterocycles. The molecule has 4 aromatic rings. The first-order chi connectivity index (χ1) is 17.2. The highest BCUT2D eigenvalue weighted by Crippen LogP contribution is 2.29. The number of aromatic nitrogens is 3. The summed E-state index contributed by atoms with van der Waals surface area (Å²) in [4.78, 5) is 19.3. The molecule has 8 nitrogen and oxygen atoms in total. The number of halogens is 2. The summed E-state index contributed by atoms with van der Waals surface area (Å²) in [5.41, 5.74) is -0.116. The van der Waals surface area contributed by atoms with Crippen molar-refractivity contribution in [3.63, 3.8) is 0 Å². The maximum absolute atomic E-state index is 14.9. The molecule has 0 aliphatic rings. The zero-order valence-electron chi connectivity index (χ0n) is 19.1. The molecule has 0 spiro atoms. The Morgan fingerprint density at radius 3 is 2.44 bits per heavy atom. The summed E-state index contributed by atoms with van der Waals surface area (Å²) in [5.74, 6) is -2.66. The Kier molecular flexibility index (Phi) is 7.22. The predicted octanol–water partition coefficient (Wildman–Crippen LogP) is 3.71. The Labute approximate surface area is 205 Å². The monoisotopic (exact) mass is 513 g/mol. The van der Waals surface area contributed by atoms with E-state index in [1.807, 2.05) is 0 Å². The van der Waals surface area contributed by atoms with Gasteiger partial charge in [-0.05, 0) is 36.8 Å². The number of ether oxygens (including phenoxy) is 1. The van der Waals surface area contributed by atoms with Gasteiger partial charge in [0.2, 0.25) is 21.7 Å². The number of sulfone groups is 1. The molecule has 186 valence electrons. The number of nitrogens with zero attached hydrogens (tertiary/aromatic N) is 3. The molecule has 0 bridgehead atoms. The molecule has 0 amide bonds. The minimum atomic E-state index is -4.68. The second-order valence-corrected chi connectivity index (χ2v) is 9.60. The van der Waals surface area contributed by atoms with Gasteiger partial charge in [-0.2, -0.15) is 9.37 Å². The summed E-state index contributed by atoms with van der Waals surface area (Å²) in [7, 11) is -4.68. The lowest BCUT2D eigenvalue weighted by Gasteiger charge is -2.15. The van der Waals surface area contributed by atoms with Crippen LogP contribution in [0.1, 0.15) is 18.3 Å². The summed E-state index contributed by atoms with van der Waals surface area (Å²) in [6.07, 6.45) is 1.11. The van der Waals surface area contributed by atoms with Crippen molar-refractivity contribution in [2.75, 3.05) is 6.61 Å². The summed E-state index contributed by atoms with van der Waals surface area (Å²) in [6.45, 7) is 1.87. The van der Waals surface area contributed by atoms with E-state index in [1.54, 1.807) is 37.3 Å². The average molecular weight is 514 g/mol. The Hall–Kier alpha value is -3.96. The van der Waals surface area contributed by atoms with Crippen LogP contribution in [0.15, 0.2) is 81.4 Å². The normalized spacial score (nSPS) is 11.5. The van der Waals surface area contributed by atoms with Crippen molar-refractivity contribution in [2.45, 2.75) is 29.9 Å². The second-order valence-electron chi connectivity index (χ2n) is 7.71. The van der Waals surface area contributed by atoms with Crippen molar-refractivity contribution in [2.24, 2.45) is 0 Å². The molecule has 0 aliphatic carbocycles. The summed E-state index contributed by atoms with van der Waals surface area (Å²) in [5, 5.41) is 10.5. The lowest BCUT2D eigenvalue weighted by molar-refractivity contribution is 0.123. The van der Waals surface area contributed by atoms with E-state index in [0.717, 1.165) is 29.0 Å². The maximum atomic E-state index is 14.9. The van der Waals surface area contributed by atoms with E-state index in [9.17, 15) is 27.1 Å². The van der Waals surface area contributed by atoms with E-state index in [4.69, 9.17) is 4.74 Å². The number of hydrogen-bond acceptors (Lipinski definition) is 7. The molecule has 0 saturated carbocycles. The third-order valence-electron chi connectivity index (χ3n) is 5.37. The fourth-order valence-corrected chi connectivity index (χ4v) is 4.95. The molecule has 36 heavy (non-hydrogen) atoms. The molecule has 1 N–H and O–H groups in total. The van der Waals surface area contributed by atoms with Crippen molar-refractivity contribution in [1.82, 2.24) is 14.5 Å². The van der Waals surface area contributed by atoms with Gasteiger partial charge < -0.3 is 9.84 Å². The second kappa shape index (κ2) is 10.3. The molecular weight excluding hydrogens is 492 g/mol. The van der Waals surface area contributed by atoms with Gasteiger partial charge in [0.15, 0.2) is 4.90 Å². The molecule has 0 aliphatic heterocycles. The first-order valence-electron chi connectivity index (χ1n) is 10.8. The van der Waals surface area contributed by atoms with E-state index in [2.05, 4.69) is 9.97 Å². The van der Waals surface area contributed by atoms with Crippen molar-refractivity contribution < 1.29 is 27.0 Å². The Morgan fingerprint density at radius 1 is 1.06 bits per heavy atom. The van der Waals surface area contributed by atoms with E-state index in [0.29, 0.717) is 12.2 Å². The fraction of sp³-hybridized carbons (Fsp3) is 0.160. The standard InChI is InChI=1S/C25H21F2N3O5S/c1-2-35-15-22-29-24(31)23(25(32)30(22)14-16-6-4-3-5-7-16)36(33,34)18-9-10-19(20(26)12-18)17-8-11-21(27)28-13-17/h3-13,31H,2,14-15H2,1H3. The van der Waals surface area contributed by atoms with Crippen LogP contribution >= 0.6 is 0 Å².